The second kappa shape index (κ2) is 6.29. The van der Waals surface area contributed by atoms with E-state index in [2.05, 4.69) is 15.6 Å². The minimum atomic E-state index is -4.23. The standard InChI is InChI=1S/C14H16F5N3O/c1-13(15,16)11-4-8(2-3-20-11)7-21-12(23)22-10-5-9(6-10)14(17,18)19/h2-4,9-10H,5-7H2,1H3,(H2,21,22,23)/t9-,10-. The lowest BCUT2D eigenvalue weighted by Crippen LogP contribution is -2.51. The van der Waals surface area contributed by atoms with Crippen LogP contribution in [-0.4, -0.2) is 23.2 Å². The van der Waals surface area contributed by atoms with E-state index < -0.39 is 35.8 Å². The molecule has 0 saturated heterocycles. The van der Waals surface area contributed by atoms with Gasteiger partial charge in [0.05, 0.1) is 5.92 Å². The number of nitrogens with one attached hydrogen (secondary N) is 2. The molecule has 1 aliphatic rings. The topological polar surface area (TPSA) is 54.0 Å². The molecule has 1 saturated carbocycles. The maximum atomic E-state index is 13.1. The summed E-state index contributed by atoms with van der Waals surface area (Å²) in [6, 6.07) is 1.49. The van der Waals surface area contributed by atoms with Gasteiger partial charge in [0.15, 0.2) is 0 Å². The summed E-state index contributed by atoms with van der Waals surface area (Å²) in [4.78, 5) is 15.1. The van der Waals surface area contributed by atoms with Gasteiger partial charge in [0.1, 0.15) is 5.69 Å². The summed E-state index contributed by atoms with van der Waals surface area (Å²) in [5.41, 5.74) is 0.0117. The molecule has 0 spiro atoms. The Morgan fingerprint density at radius 2 is 1.96 bits per heavy atom. The molecule has 1 aliphatic carbocycles. The summed E-state index contributed by atoms with van der Waals surface area (Å²) >= 11 is 0. The van der Waals surface area contributed by atoms with E-state index in [-0.39, 0.29) is 19.4 Å². The number of amides is 2. The molecule has 23 heavy (non-hydrogen) atoms. The van der Waals surface area contributed by atoms with Crippen LogP contribution >= 0.6 is 0 Å². The van der Waals surface area contributed by atoms with Crippen molar-refractivity contribution in [2.24, 2.45) is 5.92 Å². The number of rotatable bonds is 4. The molecule has 0 aliphatic heterocycles. The van der Waals surface area contributed by atoms with E-state index in [0.29, 0.717) is 12.5 Å². The highest BCUT2D eigenvalue weighted by molar-refractivity contribution is 5.74. The number of nitrogens with zero attached hydrogens (tertiary/aromatic N) is 1. The van der Waals surface area contributed by atoms with Crippen LogP contribution in [0.4, 0.5) is 26.7 Å². The summed E-state index contributed by atoms with van der Waals surface area (Å²) in [6.07, 6.45) is -3.30. The molecule has 2 N–H and O–H groups in total. The van der Waals surface area contributed by atoms with Gasteiger partial charge in [0.25, 0.3) is 5.92 Å². The molecule has 128 valence electrons. The van der Waals surface area contributed by atoms with Crippen LogP contribution in [0.5, 0.6) is 0 Å². The summed E-state index contributed by atoms with van der Waals surface area (Å²) < 4.78 is 63.2. The first-order chi connectivity index (χ1) is 10.6. The predicted octanol–water partition coefficient (Wildman–Crippen LogP) is 3.33. The molecular formula is C14H16F5N3O. The summed E-state index contributed by atoms with van der Waals surface area (Å²) in [7, 11) is 0. The molecule has 4 nitrogen and oxygen atoms in total. The van der Waals surface area contributed by atoms with Gasteiger partial charge in [-0.15, -0.1) is 0 Å². The van der Waals surface area contributed by atoms with Gasteiger partial charge in [-0.2, -0.15) is 22.0 Å². The first-order valence-electron chi connectivity index (χ1n) is 7.00. The van der Waals surface area contributed by atoms with Crippen LogP contribution in [0.3, 0.4) is 0 Å². The Morgan fingerprint density at radius 1 is 1.30 bits per heavy atom. The maximum Gasteiger partial charge on any atom is 0.391 e. The normalized spacial score (nSPS) is 21.5. The largest absolute Gasteiger partial charge is 0.391 e. The number of hydrogen-bond donors (Lipinski definition) is 2. The number of hydrogen-bond acceptors (Lipinski definition) is 2. The minimum Gasteiger partial charge on any atom is -0.335 e. The molecule has 9 heteroatoms. The molecule has 2 amide bonds. The van der Waals surface area contributed by atoms with E-state index in [1.54, 1.807) is 0 Å². The van der Waals surface area contributed by atoms with Crippen molar-refractivity contribution in [3.63, 3.8) is 0 Å². The SMILES string of the molecule is CC(F)(F)c1cc(CNC(=O)N[C@H]2C[C@H](C(F)(F)F)C2)ccn1. The lowest BCUT2D eigenvalue weighted by Gasteiger charge is -2.36. The molecule has 0 atom stereocenters. The van der Waals surface area contributed by atoms with E-state index in [4.69, 9.17) is 0 Å². The number of aromatic nitrogens is 1. The lowest BCUT2D eigenvalue weighted by atomic mass is 9.80. The van der Waals surface area contributed by atoms with E-state index in [1.165, 1.54) is 18.3 Å². The van der Waals surface area contributed by atoms with Gasteiger partial charge < -0.3 is 10.6 Å². The van der Waals surface area contributed by atoms with Crippen LogP contribution in [0, 0.1) is 5.92 Å². The molecule has 2 rings (SSSR count). The average Bonchev–Trinajstić information content (AvgIpc) is 2.38. The van der Waals surface area contributed by atoms with Crippen molar-refractivity contribution in [2.45, 2.75) is 44.5 Å². The fraction of sp³-hybridized carbons (Fsp3) is 0.571. The zero-order chi connectivity index (χ0) is 17.3. The molecule has 0 unspecified atom stereocenters. The van der Waals surface area contributed by atoms with Crippen molar-refractivity contribution in [1.29, 1.82) is 0 Å². The number of carbonyl (C=O) groups excluding carboxylic acids is 1. The van der Waals surface area contributed by atoms with E-state index in [0.717, 1.165) is 0 Å². The quantitative estimate of drug-likeness (QED) is 0.828. The van der Waals surface area contributed by atoms with Crippen LogP contribution in [0.1, 0.15) is 31.0 Å². The Labute approximate surface area is 129 Å². The second-order valence-corrected chi connectivity index (χ2v) is 5.67. The van der Waals surface area contributed by atoms with Gasteiger partial charge in [0.2, 0.25) is 0 Å². The highest BCUT2D eigenvalue weighted by atomic mass is 19.4. The highest BCUT2D eigenvalue weighted by Crippen LogP contribution is 2.40. The molecule has 0 bridgehead atoms. The maximum absolute atomic E-state index is 13.1. The van der Waals surface area contributed by atoms with Gasteiger partial charge in [-0.1, -0.05) is 0 Å². The number of pyridine rings is 1. The highest BCUT2D eigenvalue weighted by Gasteiger charge is 2.48. The van der Waals surface area contributed by atoms with Crippen LogP contribution in [-0.2, 0) is 12.5 Å². The van der Waals surface area contributed by atoms with Crippen molar-refractivity contribution in [3.05, 3.63) is 29.6 Å². The van der Waals surface area contributed by atoms with E-state index >= 15 is 0 Å². The Balaban J connectivity index is 1.78. The number of carbonyl (C=O) groups is 1. The molecular weight excluding hydrogens is 321 g/mol. The van der Waals surface area contributed by atoms with Crippen LogP contribution < -0.4 is 10.6 Å². The van der Waals surface area contributed by atoms with Gasteiger partial charge in [-0.3, -0.25) is 4.98 Å². The summed E-state index contributed by atoms with van der Waals surface area (Å²) in [5, 5.41) is 4.85. The Morgan fingerprint density at radius 3 is 2.52 bits per heavy atom. The predicted molar refractivity (Wildman–Crippen MR) is 71.7 cm³/mol. The van der Waals surface area contributed by atoms with Gasteiger partial charge >= 0.3 is 12.2 Å². The van der Waals surface area contributed by atoms with Crippen molar-refractivity contribution >= 4 is 6.03 Å². The number of alkyl halides is 5. The number of urea groups is 1. The molecule has 0 aromatic carbocycles. The van der Waals surface area contributed by atoms with Crippen LogP contribution in [0.2, 0.25) is 0 Å². The fourth-order valence-corrected chi connectivity index (χ4v) is 2.25. The first-order valence-corrected chi connectivity index (χ1v) is 7.00. The van der Waals surface area contributed by atoms with Gasteiger partial charge in [-0.25, -0.2) is 4.79 Å². The van der Waals surface area contributed by atoms with Crippen molar-refractivity contribution in [3.8, 4) is 0 Å². The Hall–Kier alpha value is -1.93. The molecule has 0 radical (unpaired) electrons. The second-order valence-electron chi connectivity index (χ2n) is 5.67. The van der Waals surface area contributed by atoms with Crippen LogP contribution in [0.15, 0.2) is 18.3 Å². The van der Waals surface area contributed by atoms with Gasteiger partial charge in [-0.05, 0) is 30.5 Å². The zero-order valence-corrected chi connectivity index (χ0v) is 12.3. The number of halogens is 5. The average molecular weight is 337 g/mol. The smallest absolute Gasteiger partial charge is 0.335 e. The van der Waals surface area contributed by atoms with Crippen LogP contribution in [0.25, 0.3) is 0 Å². The third-order valence-corrected chi connectivity index (χ3v) is 3.66. The fourth-order valence-electron chi connectivity index (χ4n) is 2.25. The zero-order valence-electron chi connectivity index (χ0n) is 12.3. The molecule has 1 heterocycles. The van der Waals surface area contributed by atoms with Gasteiger partial charge in [0, 0.05) is 25.7 Å². The lowest BCUT2D eigenvalue weighted by molar-refractivity contribution is -0.198. The van der Waals surface area contributed by atoms with E-state index in [1.807, 2.05) is 0 Å². The Bertz CT molecular complexity index is 564. The monoisotopic (exact) mass is 337 g/mol. The molecule has 1 fully saturated rings. The Kier molecular flexibility index (Phi) is 4.76. The summed E-state index contributed by atoms with van der Waals surface area (Å²) in [5.74, 6) is -4.46. The molecule has 1 aromatic rings. The third-order valence-electron chi connectivity index (χ3n) is 3.66. The van der Waals surface area contributed by atoms with E-state index in [9.17, 15) is 26.7 Å². The van der Waals surface area contributed by atoms with Crippen molar-refractivity contribution < 1.29 is 26.7 Å². The summed E-state index contributed by atoms with van der Waals surface area (Å²) in [6.45, 7) is 0.694. The third kappa shape index (κ3) is 4.77. The molecule has 1 aromatic heterocycles. The van der Waals surface area contributed by atoms with Crippen molar-refractivity contribution in [1.82, 2.24) is 15.6 Å². The minimum absolute atomic E-state index is 0.0210. The first kappa shape index (κ1) is 17.4. The van der Waals surface area contributed by atoms with Crippen molar-refractivity contribution in [2.75, 3.05) is 0 Å².